The van der Waals surface area contributed by atoms with Crippen LogP contribution in [0.4, 0.5) is 0 Å². The van der Waals surface area contributed by atoms with Crippen molar-refractivity contribution in [3.05, 3.63) is 35.4 Å². The van der Waals surface area contributed by atoms with E-state index in [1.54, 1.807) is 0 Å². The Balaban J connectivity index is 1.76. The topological polar surface area (TPSA) is 21.3 Å². The molecule has 0 radical (unpaired) electrons. The molecule has 0 atom stereocenters. The standard InChI is InChI=1S/C19H31NO/c1-16(2)12-20-13-18-10-6-7-11-19(18)15-21-14-17-8-4-3-5-9-17/h6-7,10-11,16-17,20H,3-5,8-9,12-15H2,1-2H3. The van der Waals surface area contributed by atoms with Gasteiger partial charge in [-0.25, -0.2) is 0 Å². The number of hydrogen-bond acceptors (Lipinski definition) is 2. The van der Waals surface area contributed by atoms with E-state index < -0.39 is 0 Å². The van der Waals surface area contributed by atoms with Crippen LogP contribution in [0, 0.1) is 11.8 Å². The highest BCUT2D eigenvalue weighted by atomic mass is 16.5. The van der Waals surface area contributed by atoms with Gasteiger partial charge >= 0.3 is 0 Å². The van der Waals surface area contributed by atoms with Crippen molar-refractivity contribution >= 4 is 0 Å². The Bertz CT molecular complexity index is 396. The Morgan fingerprint density at radius 3 is 2.52 bits per heavy atom. The molecule has 0 aliphatic heterocycles. The van der Waals surface area contributed by atoms with Gasteiger partial charge in [0.05, 0.1) is 6.61 Å². The van der Waals surface area contributed by atoms with Gasteiger partial charge < -0.3 is 10.1 Å². The van der Waals surface area contributed by atoms with Crippen LogP contribution in [-0.2, 0) is 17.9 Å². The first-order valence-electron chi connectivity index (χ1n) is 8.61. The Morgan fingerprint density at radius 2 is 1.81 bits per heavy atom. The van der Waals surface area contributed by atoms with Crippen LogP contribution in [0.3, 0.4) is 0 Å². The van der Waals surface area contributed by atoms with Crippen LogP contribution in [0.25, 0.3) is 0 Å². The largest absolute Gasteiger partial charge is 0.376 e. The average Bonchev–Trinajstić information content (AvgIpc) is 2.49. The molecule has 2 nitrogen and oxygen atoms in total. The zero-order valence-corrected chi connectivity index (χ0v) is 13.7. The van der Waals surface area contributed by atoms with E-state index in [2.05, 4.69) is 43.4 Å². The van der Waals surface area contributed by atoms with Crippen LogP contribution in [0.1, 0.15) is 57.1 Å². The summed E-state index contributed by atoms with van der Waals surface area (Å²) in [6.07, 6.45) is 6.92. The lowest BCUT2D eigenvalue weighted by Crippen LogP contribution is -2.20. The molecule has 0 heterocycles. The Hall–Kier alpha value is -0.860. The van der Waals surface area contributed by atoms with Gasteiger partial charge in [-0.1, -0.05) is 57.4 Å². The number of benzene rings is 1. The van der Waals surface area contributed by atoms with Crippen molar-refractivity contribution in [1.82, 2.24) is 5.32 Å². The predicted octanol–water partition coefficient (Wildman–Crippen LogP) is 4.53. The molecule has 1 saturated carbocycles. The summed E-state index contributed by atoms with van der Waals surface area (Å²) in [6.45, 7) is 8.20. The SMILES string of the molecule is CC(C)CNCc1ccccc1COCC1CCCCC1. The molecule has 0 amide bonds. The summed E-state index contributed by atoms with van der Waals surface area (Å²) in [7, 11) is 0. The maximum absolute atomic E-state index is 6.00. The molecular weight excluding hydrogens is 258 g/mol. The zero-order chi connectivity index (χ0) is 14.9. The Labute approximate surface area is 130 Å². The van der Waals surface area contributed by atoms with Gasteiger partial charge in [-0.05, 0) is 42.3 Å². The second-order valence-corrected chi connectivity index (χ2v) is 6.81. The van der Waals surface area contributed by atoms with Gasteiger partial charge in [0.15, 0.2) is 0 Å². The van der Waals surface area contributed by atoms with E-state index in [1.165, 1.54) is 43.2 Å². The van der Waals surface area contributed by atoms with E-state index >= 15 is 0 Å². The lowest BCUT2D eigenvalue weighted by atomic mass is 9.90. The summed E-state index contributed by atoms with van der Waals surface area (Å²) in [5.41, 5.74) is 2.71. The summed E-state index contributed by atoms with van der Waals surface area (Å²) in [5, 5.41) is 3.53. The van der Waals surface area contributed by atoms with Crippen molar-refractivity contribution in [2.24, 2.45) is 11.8 Å². The fourth-order valence-electron chi connectivity index (χ4n) is 3.06. The minimum atomic E-state index is 0.694. The Kier molecular flexibility index (Phi) is 7.25. The highest BCUT2D eigenvalue weighted by Gasteiger charge is 2.13. The third-order valence-electron chi connectivity index (χ3n) is 4.32. The average molecular weight is 289 g/mol. The molecule has 2 rings (SSSR count). The lowest BCUT2D eigenvalue weighted by Gasteiger charge is -2.21. The highest BCUT2D eigenvalue weighted by Crippen LogP contribution is 2.24. The molecule has 0 aromatic heterocycles. The zero-order valence-electron chi connectivity index (χ0n) is 13.7. The number of nitrogens with one attached hydrogen (secondary N) is 1. The summed E-state index contributed by atoms with van der Waals surface area (Å²) < 4.78 is 6.00. The number of rotatable bonds is 8. The van der Waals surface area contributed by atoms with Crippen molar-refractivity contribution < 1.29 is 4.74 Å². The lowest BCUT2D eigenvalue weighted by molar-refractivity contribution is 0.0735. The van der Waals surface area contributed by atoms with Crippen LogP contribution >= 0.6 is 0 Å². The van der Waals surface area contributed by atoms with Gasteiger partial charge in [0.25, 0.3) is 0 Å². The summed E-state index contributed by atoms with van der Waals surface area (Å²) in [4.78, 5) is 0. The summed E-state index contributed by atoms with van der Waals surface area (Å²) in [6, 6.07) is 8.65. The molecular formula is C19H31NO. The van der Waals surface area contributed by atoms with Gasteiger partial charge in [0, 0.05) is 13.2 Å². The molecule has 1 aromatic carbocycles. The fourth-order valence-corrected chi connectivity index (χ4v) is 3.06. The van der Waals surface area contributed by atoms with Crippen LogP contribution in [0.15, 0.2) is 24.3 Å². The van der Waals surface area contributed by atoms with E-state index in [1.807, 2.05) is 0 Å². The van der Waals surface area contributed by atoms with Crippen LogP contribution in [0.2, 0.25) is 0 Å². The van der Waals surface area contributed by atoms with Gasteiger partial charge in [0.2, 0.25) is 0 Å². The quantitative estimate of drug-likeness (QED) is 0.759. The van der Waals surface area contributed by atoms with Gasteiger partial charge in [-0.15, -0.1) is 0 Å². The third kappa shape index (κ3) is 6.19. The maximum Gasteiger partial charge on any atom is 0.0720 e. The molecule has 1 fully saturated rings. The van der Waals surface area contributed by atoms with Crippen molar-refractivity contribution in [1.29, 1.82) is 0 Å². The molecule has 0 bridgehead atoms. The van der Waals surface area contributed by atoms with Crippen molar-refractivity contribution in [3.8, 4) is 0 Å². The van der Waals surface area contributed by atoms with E-state index in [0.717, 1.165) is 32.2 Å². The molecule has 0 spiro atoms. The van der Waals surface area contributed by atoms with Gasteiger partial charge in [0.1, 0.15) is 0 Å². The summed E-state index contributed by atoms with van der Waals surface area (Å²) >= 11 is 0. The van der Waals surface area contributed by atoms with E-state index in [4.69, 9.17) is 4.74 Å². The van der Waals surface area contributed by atoms with Crippen molar-refractivity contribution in [3.63, 3.8) is 0 Å². The van der Waals surface area contributed by atoms with Crippen molar-refractivity contribution in [2.75, 3.05) is 13.2 Å². The minimum absolute atomic E-state index is 0.694. The molecule has 118 valence electrons. The first kappa shape index (κ1) is 16.5. The number of ether oxygens (including phenoxy) is 1. The first-order valence-corrected chi connectivity index (χ1v) is 8.61. The van der Waals surface area contributed by atoms with Gasteiger partial charge in [-0.3, -0.25) is 0 Å². The van der Waals surface area contributed by atoms with Crippen LogP contribution in [-0.4, -0.2) is 13.2 Å². The third-order valence-corrected chi connectivity index (χ3v) is 4.32. The van der Waals surface area contributed by atoms with Gasteiger partial charge in [-0.2, -0.15) is 0 Å². The summed E-state index contributed by atoms with van der Waals surface area (Å²) in [5.74, 6) is 1.49. The van der Waals surface area contributed by atoms with Crippen molar-refractivity contribution in [2.45, 2.75) is 59.1 Å². The van der Waals surface area contributed by atoms with Crippen LogP contribution < -0.4 is 5.32 Å². The van der Waals surface area contributed by atoms with E-state index in [0.29, 0.717) is 5.92 Å². The van der Waals surface area contributed by atoms with E-state index in [9.17, 15) is 0 Å². The number of hydrogen-bond donors (Lipinski definition) is 1. The predicted molar refractivity (Wildman–Crippen MR) is 89.2 cm³/mol. The molecule has 0 saturated heterocycles. The normalized spacial score (nSPS) is 16.5. The highest BCUT2D eigenvalue weighted by molar-refractivity contribution is 5.26. The first-order chi connectivity index (χ1) is 10.3. The maximum atomic E-state index is 6.00. The monoisotopic (exact) mass is 289 g/mol. The molecule has 21 heavy (non-hydrogen) atoms. The molecule has 0 unspecified atom stereocenters. The minimum Gasteiger partial charge on any atom is -0.376 e. The second-order valence-electron chi connectivity index (χ2n) is 6.81. The smallest absolute Gasteiger partial charge is 0.0720 e. The van der Waals surface area contributed by atoms with Crippen LogP contribution in [0.5, 0.6) is 0 Å². The molecule has 1 aromatic rings. The molecule has 2 heteroatoms. The van der Waals surface area contributed by atoms with E-state index in [-0.39, 0.29) is 0 Å². The molecule has 1 N–H and O–H groups in total. The molecule has 1 aliphatic rings. The second kappa shape index (κ2) is 9.22. The Morgan fingerprint density at radius 1 is 1.10 bits per heavy atom. The molecule has 1 aliphatic carbocycles. The fraction of sp³-hybridized carbons (Fsp3) is 0.684.